The number of pyridine rings is 1. The molecule has 2 heterocycles. The molecule has 4 rings (SSSR count). The van der Waals surface area contributed by atoms with Crippen molar-refractivity contribution in [1.29, 1.82) is 0 Å². The highest BCUT2D eigenvalue weighted by atomic mass is 32.1. The summed E-state index contributed by atoms with van der Waals surface area (Å²) in [4.78, 5) is 18.0. The Morgan fingerprint density at radius 1 is 1.28 bits per heavy atom. The molecule has 0 radical (unpaired) electrons. The first-order chi connectivity index (χ1) is 13.8. The number of fused-ring (bicyclic) bond motifs is 3. The van der Waals surface area contributed by atoms with Gasteiger partial charge < -0.3 is 15.8 Å². The number of alkyl halides is 3. The molecule has 0 unspecified atom stereocenters. The van der Waals surface area contributed by atoms with Crippen LogP contribution in [0.3, 0.4) is 0 Å². The third-order valence-electron chi connectivity index (χ3n) is 5.00. The molecule has 5 nitrogen and oxygen atoms in total. The maximum atomic E-state index is 14.0. The van der Waals surface area contributed by atoms with Gasteiger partial charge in [0.25, 0.3) is 5.91 Å². The Hall–Kier alpha value is -2.81. The number of nitrogen functional groups attached to an aromatic ring is 1. The standard InChI is InChI=1S/C20H18F3N3O2S/c1-28-11-7-5-10(6-8-11)9-25-18(27)15-16(20(21,22)23)14-12-3-2-4-13(12)29-19(14)26-17(15)24/h5-8H,2-4,9H2,1H3,(H2,24,26)(H,25,27). The molecule has 0 saturated carbocycles. The SMILES string of the molecule is COc1ccc(CNC(=O)c2c(N)nc3sc4c(c3c2C(F)(F)F)CCC4)cc1. The van der Waals surface area contributed by atoms with Gasteiger partial charge in [-0.05, 0) is 42.5 Å². The van der Waals surface area contributed by atoms with Crippen LogP contribution in [0.25, 0.3) is 10.2 Å². The molecule has 0 saturated heterocycles. The molecule has 2 aromatic heterocycles. The lowest BCUT2D eigenvalue weighted by Gasteiger charge is -2.16. The summed E-state index contributed by atoms with van der Waals surface area (Å²) in [6.07, 6.45) is -2.64. The zero-order valence-electron chi connectivity index (χ0n) is 15.5. The van der Waals surface area contributed by atoms with Gasteiger partial charge in [-0.1, -0.05) is 12.1 Å². The number of hydrogen-bond acceptors (Lipinski definition) is 5. The number of nitrogens with two attached hydrogens (primary N) is 1. The summed E-state index contributed by atoms with van der Waals surface area (Å²) in [7, 11) is 1.53. The van der Waals surface area contributed by atoms with Crippen molar-refractivity contribution in [3.8, 4) is 5.75 Å². The van der Waals surface area contributed by atoms with Crippen LogP contribution >= 0.6 is 11.3 Å². The largest absolute Gasteiger partial charge is 0.497 e. The molecule has 1 amide bonds. The molecular weight excluding hydrogens is 403 g/mol. The van der Waals surface area contributed by atoms with E-state index in [2.05, 4.69) is 10.3 Å². The van der Waals surface area contributed by atoms with Gasteiger partial charge in [0.2, 0.25) is 0 Å². The monoisotopic (exact) mass is 421 g/mol. The Kier molecular flexibility index (Phi) is 4.85. The second-order valence-corrected chi connectivity index (χ2v) is 7.90. The van der Waals surface area contributed by atoms with Crippen LogP contribution in [0.2, 0.25) is 0 Å². The number of aromatic nitrogens is 1. The number of thiophene rings is 1. The van der Waals surface area contributed by atoms with Gasteiger partial charge in [-0.15, -0.1) is 11.3 Å². The summed E-state index contributed by atoms with van der Waals surface area (Å²) in [5, 5.41) is 2.56. The molecule has 1 aromatic carbocycles. The lowest BCUT2D eigenvalue weighted by Crippen LogP contribution is -2.28. The molecule has 1 aliphatic carbocycles. The van der Waals surface area contributed by atoms with E-state index in [1.165, 1.54) is 18.4 Å². The second-order valence-electron chi connectivity index (χ2n) is 6.81. The fourth-order valence-electron chi connectivity index (χ4n) is 3.67. The molecule has 0 atom stereocenters. The van der Waals surface area contributed by atoms with Crippen LogP contribution in [0.4, 0.5) is 19.0 Å². The molecule has 0 aliphatic heterocycles. The van der Waals surface area contributed by atoms with Crippen LogP contribution in [0, 0.1) is 0 Å². The van der Waals surface area contributed by atoms with Crippen molar-refractivity contribution in [3.63, 3.8) is 0 Å². The Bertz CT molecular complexity index is 1090. The molecule has 9 heteroatoms. The number of methoxy groups -OCH3 is 1. The lowest BCUT2D eigenvalue weighted by molar-refractivity contribution is -0.136. The molecule has 0 bridgehead atoms. The Morgan fingerprint density at radius 2 is 2.00 bits per heavy atom. The lowest BCUT2D eigenvalue weighted by atomic mass is 10.0. The topological polar surface area (TPSA) is 77.2 Å². The van der Waals surface area contributed by atoms with E-state index >= 15 is 0 Å². The summed E-state index contributed by atoms with van der Waals surface area (Å²) in [5.41, 5.74) is 5.61. The van der Waals surface area contributed by atoms with Crippen LogP contribution in [0.15, 0.2) is 24.3 Å². The number of halogens is 3. The first-order valence-electron chi connectivity index (χ1n) is 9.01. The quantitative estimate of drug-likeness (QED) is 0.658. The third-order valence-corrected chi connectivity index (χ3v) is 6.19. The van der Waals surface area contributed by atoms with Crippen molar-refractivity contribution in [1.82, 2.24) is 10.3 Å². The van der Waals surface area contributed by atoms with Gasteiger partial charge in [0.15, 0.2) is 0 Å². The Labute approximate surface area is 168 Å². The Morgan fingerprint density at radius 3 is 2.66 bits per heavy atom. The van der Waals surface area contributed by atoms with Gasteiger partial charge in [-0.2, -0.15) is 13.2 Å². The van der Waals surface area contributed by atoms with Gasteiger partial charge in [0, 0.05) is 16.8 Å². The van der Waals surface area contributed by atoms with E-state index in [4.69, 9.17) is 10.5 Å². The number of nitrogens with zero attached hydrogens (tertiary/aromatic N) is 1. The Balaban J connectivity index is 1.73. The normalized spacial score (nSPS) is 13.5. The van der Waals surface area contributed by atoms with Gasteiger partial charge in [-0.25, -0.2) is 4.98 Å². The van der Waals surface area contributed by atoms with Crippen LogP contribution < -0.4 is 15.8 Å². The molecule has 3 N–H and O–H groups in total. The van der Waals surface area contributed by atoms with E-state index in [1.54, 1.807) is 24.3 Å². The maximum Gasteiger partial charge on any atom is 0.418 e. The molecule has 1 aliphatic rings. The van der Waals surface area contributed by atoms with Crippen molar-refractivity contribution in [2.75, 3.05) is 12.8 Å². The summed E-state index contributed by atoms with van der Waals surface area (Å²) >= 11 is 1.23. The molecule has 152 valence electrons. The molecule has 0 fully saturated rings. The fourth-order valence-corrected chi connectivity index (χ4v) is 4.95. The minimum absolute atomic E-state index is 0.0267. The van der Waals surface area contributed by atoms with E-state index < -0.39 is 29.0 Å². The second kappa shape index (κ2) is 7.22. The van der Waals surface area contributed by atoms with E-state index in [9.17, 15) is 18.0 Å². The van der Waals surface area contributed by atoms with Gasteiger partial charge in [-0.3, -0.25) is 4.79 Å². The number of rotatable bonds is 4. The summed E-state index contributed by atoms with van der Waals surface area (Å²) < 4.78 is 47.2. The third kappa shape index (κ3) is 3.50. The van der Waals surface area contributed by atoms with Crippen LogP contribution in [0.5, 0.6) is 5.75 Å². The van der Waals surface area contributed by atoms with Crippen molar-refractivity contribution < 1.29 is 22.7 Å². The number of carbonyl (C=O) groups is 1. The average molecular weight is 421 g/mol. The molecule has 29 heavy (non-hydrogen) atoms. The number of amides is 1. The molecule has 3 aromatic rings. The highest BCUT2D eigenvalue weighted by molar-refractivity contribution is 7.19. The van der Waals surface area contributed by atoms with Gasteiger partial charge in [0.1, 0.15) is 16.4 Å². The summed E-state index contributed by atoms with van der Waals surface area (Å²) in [6, 6.07) is 6.86. The van der Waals surface area contributed by atoms with Crippen LogP contribution in [-0.4, -0.2) is 18.0 Å². The van der Waals surface area contributed by atoms with Gasteiger partial charge in [0.05, 0.1) is 18.2 Å². The number of anilines is 1. The molecule has 0 spiro atoms. The van der Waals surface area contributed by atoms with Crippen molar-refractivity contribution in [2.45, 2.75) is 32.0 Å². The van der Waals surface area contributed by atoms with E-state index in [0.717, 1.165) is 23.3 Å². The van der Waals surface area contributed by atoms with Crippen molar-refractivity contribution >= 4 is 33.3 Å². The first-order valence-corrected chi connectivity index (χ1v) is 9.83. The maximum absolute atomic E-state index is 14.0. The fraction of sp³-hybridized carbons (Fsp3) is 0.300. The number of carbonyl (C=O) groups excluding carboxylic acids is 1. The predicted octanol–water partition coefficient (Wildman–Crippen LogP) is 4.32. The highest BCUT2D eigenvalue weighted by Crippen LogP contribution is 2.46. The molecular formula is C20H18F3N3O2S. The zero-order chi connectivity index (χ0) is 20.8. The zero-order valence-corrected chi connectivity index (χ0v) is 16.3. The van der Waals surface area contributed by atoms with Gasteiger partial charge >= 0.3 is 6.18 Å². The number of nitrogens with one attached hydrogen (secondary N) is 1. The smallest absolute Gasteiger partial charge is 0.418 e. The minimum atomic E-state index is -4.72. The number of ether oxygens (including phenoxy) is 1. The van der Waals surface area contributed by atoms with Crippen LogP contribution in [-0.2, 0) is 25.6 Å². The van der Waals surface area contributed by atoms with Crippen LogP contribution in [0.1, 0.15) is 38.3 Å². The minimum Gasteiger partial charge on any atom is -0.497 e. The van der Waals surface area contributed by atoms with Crippen molar-refractivity contribution in [2.24, 2.45) is 0 Å². The first kappa shape index (κ1) is 19.5. The van der Waals surface area contributed by atoms with E-state index in [0.29, 0.717) is 17.7 Å². The predicted molar refractivity (Wildman–Crippen MR) is 105 cm³/mol. The summed E-state index contributed by atoms with van der Waals surface area (Å²) in [5.74, 6) is -0.653. The number of hydrogen-bond donors (Lipinski definition) is 2. The number of benzene rings is 1. The average Bonchev–Trinajstić information content (AvgIpc) is 3.25. The summed E-state index contributed by atoms with van der Waals surface area (Å²) in [6.45, 7) is 0.0549. The highest BCUT2D eigenvalue weighted by Gasteiger charge is 2.41. The number of aryl methyl sites for hydroxylation is 2. The van der Waals surface area contributed by atoms with E-state index in [-0.39, 0.29) is 16.8 Å². The van der Waals surface area contributed by atoms with E-state index in [1.807, 2.05) is 0 Å². The van der Waals surface area contributed by atoms with Crippen molar-refractivity contribution in [3.05, 3.63) is 51.4 Å².